The maximum absolute atomic E-state index is 12.4. The summed E-state index contributed by atoms with van der Waals surface area (Å²) in [6, 6.07) is 4.77. The van der Waals surface area contributed by atoms with Crippen molar-refractivity contribution in [1.29, 1.82) is 0 Å². The van der Waals surface area contributed by atoms with E-state index >= 15 is 0 Å². The normalized spacial score (nSPS) is 13.8. The summed E-state index contributed by atoms with van der Waals surface area (Å²) in [4.78, 5) is 12.4. The minimum atomic E-state index is -0.247. The van der Waals surface area contributed by atoms with Gasteiger partial charge >= 0.3 is 0 Å². The van der Waals surface area contributed by atoms with Gasteiger partial charge in [0.2, 0.25) is 0 Å². The number of carbonyl (C=O) groups excluding carboxylic acids is 1. The molecule has 0 bridgehead atoms. The van der Waals surface area contributed by atoms with Gasteiger partial charge in [-0.25, -0.2) is 0 Å². The van der Waals surface area contributed by atoms with Crippen LogP contribution >= 0.6 is 0 Å². The van der Waals surface area contributed by atoms with Gasteiger partial charge in [0.25, 0.3) is 5.91 Å². The Morgan fingerprint density at radius 2 is 2.29 bits per heavy atom. The van der Waals surface area contributed by atoms with Gasteiger partial charge in [-0.1, -0.05) is 6.07 Å². The van der Waals surface area contributed by atoms with Crippen LogP contribution in [-0.4, -0.2) is 27.3 Å². The quantitative estimate of drug-likeness (QED) is 0.778. The fourth-order valence-electron chi connectivity index (χ4n) is 2.64. The van der Waals surface area contributed by atoms with Crippen LogP contribution in [0.15, 0.2) is 18.2 Å². The molecule has 2 heterocycles. The molecule has 0 unspecified atom stereocenters. The molecule has 6 nitrogen and oxygen atoms in total. The van der Waals surface area contributed by atoms with Crippen LogP contribution in [0, 0.1) is 6.92 Å². The number of hydrogen-bond acceptors (Lipinski definition) is 4. The van der Waals surface area contributed by atoms with Gasteiger partial charge < -0.3 is 15.7 Å². The predicted molar refractivity (Wildman–Crippen MR) is 79.4 cm³/mol. The molecule has 0 spiro atoms. The van der Waals surface area contributed by atoms with Crippen LogP contribution in [-0.2, 0) is 20.0 Å². The van der Waals surface area contributed by atoms with Crippen molar-refractivity contribution < 1.29 is 9.90 Å². The van der Waals surface area contributed by atoms with E-state index in [1.807, 2.05) is 14.0 Å². The number of aromatic nitrogens is 2. The maximum atomic E-state index is 12.4. The molecule has 1 amide bonds. The van der Waals surface area contributed by atoms with Crippen LogP contribution in [0.2, 0.25) is 0 Å². The maximum Gasteiger partial charge on any atom is 0.257 e. The molecule has 1 aromatic carbocycles. The van der Waals surface area contributed by atoms with Crippen LogP contribution < -0.4 is 10.6 Å². The average molecular weight is 286 g/mol. The number of aryl methyl sites for hydroxylation is 2. The van der Waals surface area contributed by atoms with Gasteiger partial charge in [-0.3, -0.25) is 9.48 Å². The zero-order valence-corrected chi connectivity index (χ0v) is 12.1. The molecule has 0 atom stereocenters. The smallest absolute Gasteiger partial charge is 0.257 e. The molecule has 0 aliphatic carbocycles. The van der Waals surface area contributed by atoms with Gasteiger partial charge in [0.15, 0.2) is 5.82 Å². The standard InChI is InChI=1S/C15H18N4O2/c1-9-3-4-10(20)7-12(9)15(21)17-14-11-5-6-16-8-13(11)19(2)18-14/h3-4,7,16,20H,5-6,8H2,1-2H3,(H,17,18,21). The lowest BCUT2D eigenvalue weighted by Crippen LogP contribution is -2.25. The van der Waals surface area contributed by atoms with Gasteiger partial charge in [-0.05, 0) is 37.6 Å². The number of fused-ring (bicyclic) bond motifs is 1. The highest BCUT2D eigenvalue weighted by atomic mass is 16.3. The fourth-order valence-corrected chi connectivity index (χ4v) is 2.64. The third-order valence-corrected chi connectivity index (χ3v) is 3.82. The van der Waals surface area contributed by atoms with Crippen LogP contribution in [0.1, 0.15) is 27.2 Å². The summed E-state index contributed by atoms with van der Waals surface area (Å²) in [5, 5.41) is 20.1. The summed E-state index contributed by atoms with van der Waals surface area (Å²) < 4.78 is 1.80. The van der Waals surface area contributed by atoms with Crippen molar-refractivity contribution in [3.8, 4) is 5.75 Å². The predicted octanol–water partition coefficient (Wildman–Crippen LogP) is 1.33. The number of rotatable bonds is 2. The van der Waals surface area contributed by atoms with Crippen molar-refractivity contribution in [3.05, 3.63) is 40.6 Å². The Balaban J connectivity index is 1.90. The zero-order chi connectivity index (χ0) is 15.0. The fraction of sp³-hybridized carbons (Fsp3) is 0.333. The first-order valence-electron chi connectivity index (χ1n) is 6.92. The Bertz CT molecular complexity index is 706. The average Bonchev–Trinajstić information content (AvgIpc) is 2.78. The Morgan fingerprint density at radius 3 is 3.10 bits per heavy atom. The molecule has 0 saturated heterocycles. The van der Waals surface area contributed by atoms with E-state index in [0.29, 0.717) is 11.4 Å². The Labute approximate surface area is 122 Å². The lowest BCUT2D eigenvalue weighted by Gasteiger charge is -2.14. The molecule has 3 N–H and O–H groups in total. The van der Waals surface area contributed by atoms with Crippen molar-refractivity contribution >= 4 is 11.7 Å². The van der Waals surface area contributed by atoms with E-state index in [1.165, 1.54) is 6.07 Å². The molecular formula is C15H18N4O2. The van der Waals surface area contributed by atoms with Crippen molar-refractivity contribution in [1.82, 2.24) is 15.1 Å². The summed E-state index contributed by atoms with van der Waals surface area (Å²) >= 11 is 0. The molecule has 1 aromatic heterocycles. The molecule has 2 aromatic rings. The van der Waals surface area contributed by atoms with Gasteiger partial charge in [0.1, 0.15) is 5.75 Å². The van der Waals surface area contributed by atoms with Crippen LogP contribution in [0.5, 0.6) is 5.75 Å². The number of nitrogens with zero attached hydrogens (tertiary/aromatic N) is 2. The van der Waals surface area contributed by atoms with Gasteiger partial charge in [0, 0.05) is 24.7 Å². The van der Waals surface area contributed by atoms with E-state index in [9.17, 15) is 9.90 Å². The lowest BCUT2D eigenvalue weighted by atomic mass is 10.1. The number of nitrogens with one attached hydrogen (secondary N) is 2. The third kappa shape index (κ3) is 2.50. The highest BCUT2D eigenvalue weighted by Crippen LogP contribution is 2.23. The first kappa shape index (κ1) is 13.6. The van der Waals surface area contributed by atoms with Crippen LogP contribution in [0.25, 0.3) is 0 Å². The number of anilines is 1. The largest absolute Gasteiger partial charge is 0.508 e. The summed E-state index contributed by atoms with van der Waals surface area (Å²) in [7, 11) is 1.88. The van der Waals surface area contributed by atoms with Gasteiger partial charge in [-0.2, -0.15) is 5.10 Å². The number of phenols is 1. The molecule has 1 aliphatic heterocycles. The number of phenolic OH excluding ortho intramolecular Hbond substituents is 1. The van der Waals surface area contributed by atoms with Crippen molar-refractivity contribution in [2.45, 2.75) is 19.9 Å². The minimum Gasteiger partial charge on any atom is -0.508 e. The molecule has 6 heteroatoms. The number of benzene rings is 1. The molecule has 110 valence electrons. The first-order chi connectivity index (χ1) is 10.1. The van der Waals surface area contributed by atoms with Gasteiger partial charge in [-0.15, -0.1) is 0 Å². The van der Waals surface area contributed by atoms with Crippen molar-refractivity contribution in [2.75, 3.05) is 11.9 Å². The molecule has 0 saturated carbocycles. The van der Waals surface area contributed by atoms with Crippen LogP contribution in [0.3, 0.4) is 0 Å². The topological polar surface area (TPSA) is 79.2 Å². The highest BCUT2D eigenvalue weighted by molar-refractivity contribution is 6.05. The lowest BCUT2D eigenvalue weighted by molar-refractivity contribution is 0.102. The number of hydrogen-bond donors (Lipinski definition) is 3. The SMILES string of the molecule is Cc1ccc(O)cc1C(=O)Nc1nn(C)c2c1CCNC2. The number of carbonyl (C=O) groups is 1. The summed E-state index contributed by atoms with van der Waals surface area (Å²) in [5.74, 6) is 0.447. The Kier molecular flexibility index (Phi) is 3.39. The Morgan fingerprint density at radius 1 is 1.48 bits per heavy atom. The highest BCUT2D eigenvalue weighted by Gasteiger charge is 2.21. The summed E-state index contributed by atoms with van der Waals surface area (Å²) in [6.45, 7) is 3.48. The molecule has 1 aliphatic rings. The second kappa shape index (κ2) is 5.21. The zero-order valence-electron chi connectivity index (χ0n) is 12.1. The van der Waals surface area contributed by atoms with E-state index in [1.54, 1.807) is 16.8 Å². The molecule has 0 fully saturated rings. The summed E-state index contributed by atoms with van der Waals surface area (Å²) in [5.41, 5.74) is 3.46. The van der Waals surface area contributed by atoms with E-state index in [-0.39, 0.29) is 11.7 Å². The summed E-state index contributed by atoms with van der Waals surface area (Å²) in [6.07, 6.45) is 0.845. The molecular weight excluding hydrogens is 268 g/mol. The van der Waals surface area contributed by atoms with Crippen LogP contribution in [0.4, 0.5) is 5.82 Å². The molecule has 0 radical (unpaired) electrons. The van der Waals surface area contributed by atoms with E-state index in [4.69, 9.17) is 0 Å². The Hall–Kier alpha value is -2.34. The number of aromatic hydroxyl groups is 1. The van der Waals surface area contributed by atoms with Crippen molar-refractivity contribution in [2.24, 2.45) is 7.05 Å². The van der Waals surface area contributed by atoms with Crippen molar-refractivity contribution in [3.63, 3.8) is 0 Å². The monoisotopic (exact) mass is 286 g/mol. The first-order valence-corrected chi connectivity index (χ1v) is 6.92. The molecule has 21 heavy (non-hydrogen) atoms. The second-order valence-corrected chi connectivity index (χ2v) is 5.28. The van der Waals surface area contributed by atoms with E-state index < -0.39 is 0 Å². The second-order valence-electron chi connectivity index (χ2n) is 5.28. The number of amides is 1. The minimum absolute atomic E-state index is 0.0815. The molecule has 3 rings (SSSR count). The van der Waals surface area contributed by atoms with Gasteiger partial charge in [0.05, 0.1) is 5.69 Å². The third-order valence-electron chi connectivity index (χ3n) is 3.82. The van der Waals surface area contributed by atoms with E-state index in [0.717, 1.165) is 36.3 Å². The van der Waals surface area contributed by atoms with E-state index in [2.05, 4.69) is 15.7 Å².